The first-order chi connectivity index (χ1) is 18.4. The molecular formula is C27H34N6O4S. The van der Waals surface area contributed by atoms with E-state index in [1.165, 1.54) is 0 Å². The van der Waals surface area contributed by atoms with Gasteiger partial charge in [-0.1, -0.05) is 0 Å². The zero-order valence-electron chi connectivity index (χ0n) is 22.2. The Kier molecular flexibility index (Phi) is 9.01. The number of carbonyl (C=O) groups is 1. The number of aromatic nitrogens is 2. The van der Waals surface area contributed by atoms with Gasteiger partial charge in [0, 0.05) is 43.9 Å². The summed E-state index contributed by atoms with van der Waals surface area (Å²) in [7, 11) is 3.23. The van der Waals surface area contributed by atoms with Crippen LogP contribution in [0.2, 0.25) is 0 Å². The Labute approximate surface area is 228 Å². The van der Waals surface area contributed by atoms with E-state index >= 15 is 0 Å². The lowest BCUT2D eigenvalue weighted by Gasteiger charge is -2.36. The third kappa shape index (κ3) is 6.71. The fourth-order valence-corrected chi connectivity index (χ4v) is 4.59. The predicted molar refractivity (Wildman–Crippen MR) is 149 cm³/mol. The number of nitrogens with zero attached hydrogens (tertiary/aromatic N) is 5. The van der Waals surface area contributed by atoms with Gasteiger partial charge in [-0.3, -0.25) is 4.79 Å². The van der Waals surface area contributed by atoms with E-state index < -0.39 is 0 Å². The average Bonchev–Trinajstić information content (AvgIpc) is 3.45. The molecule has 1 fully saturated rings. The molecule has 1 aromatic carbocycles. The Morgan fingerprint density at radius 3 is 2.50 bits per heavy atom. The van der Waals surface area contributed by atoms with Gasteiger partial charge in [0.1, 0.15) is 17.3 Å². The van der Waals surface area contributed by atoms with Crippen molar-refractivity contribution in [3.8, 4) is 22.8 Å². The van der Waals surface area contributed by atoms with Crippen LogP contribution in [0.1, 0.15) is 19.6 Å². The molecule has 1 saturated heterocycles. The number of thiocarbonyl (C=S) groups is 1. The maximum Gasteiger partial charge on any atom is 0.242 e. The number of hydrogen-bond donors (Lipinski definition) is 1. The fourth-order valence-electron chi connectivity index (χ4n) is 4.22. The van der Waals surface area contributed by atoms with E-state index in [1.54, 1.807) is 20.5 Å². The smallest absolute Gasteiger partial charge is 0.242 e. The number of methoxy groups -OCH3 is 2. The van der Waals surface area contributed by atoms with Crippen LogP contribution in [0.3, 0.4) is 0 Å². The molecule has 0 saturated carbocycles. The SMILES string of the molecule is COc1ccc(-c2ccc(N3CCN(C(=O)CN(Cc4ccco4)C(=S)NC(C)C)CC3)nn2)c(OC)c1. The highest BCUT2D eigenvalue weighted by atomic mass is 32.1. The second-order valence-corrected chi connectivity index (χ2v) is 9.64. The van der Waals surface area contributed by atoms with Crippen molar-refractivity contribution in [3.63, 3.8) is 0 Å². The average molecular weight is 539 g/mol. The van der Waals surface area contributed by atoms with Gasteiger partial charge in [0.2, 0.25) is 5.91 Å². The van der Waals surface area contributed by atoms with Gasteiger partial charge in [0.05, 0.1) is 39.3 Å². The first-order valence-corrected chi connectivity index (χ1v) is 13.0. The number of rotatable bonds is 9. The van der Waals surface area contributed by atoms with Crippen LogP contribution >= 0.6 is 12.2 Å². The third-order valence-electron chi connectivity index (χ3n) is 6.24. The van der Waals surface area contributed by atoms with E-state index in [-0.39, 0.29) is 18.5 Å². The number of piperazine rings is 1. The number of ether oxygens (including phenoxy) is 2. The summed E-state index contributed by atoms with van der Waals surface area (Å²) in [6.45, 7) is 7.15. The standard InChI is InChI=1S/C27H34N6O4S/c1-19(2)28-27(38)33(17-21-6-5-15-37-21)18-26(34)32-13-11-31(12-14-32)25-10-9-23(29-30-25)22-8-7-20(35-3)16-24(22)36-4/h5-10,15-16,19H,11-14,17-18H2,1-4H3,(H,28,38). The second kappa shape index (κ2) is 12.6. The van der Waals surface area contributed by atoms with Gasteiger partial charge < -0.3 is 33.9 Å². The molecule has 11 heteroatoms. The summed E-state index contributed by atoms with van der Waals surface area (Å²) in [6, 6.07) is 13.3. The minimum atomic E-state index is 0.0251. The monoisotopic (exact) mass is 538 g/mol. The van der Waals surface area contributed by atoms with Crippen molar-refractivity contribution in [2.24, 2.45) is 0 Å². The number of carbonyl (C=O) groups excluding carboxylic acids is 1. The summed E-state index contributed by atoms with van der Waals surface area (Å²) in [5, 5.41) is 12.6. The zero-order chi connectivity index (χ0) is 27.1. The number of amides is 1. The molecule has 1 aliphatic rings. The molecule has 3 heterocycles. The van der Waals surface area contributed by atoms with Gasteiger partial charge >= 0.3 is 0 Å². The van der Waals surface area contributed by atoms with E-state index in [0.29, 0.717) is 55.0 Å². The summed E-state index contributed by atoms with van der Waals surface area (Å²) in [5.74, 6) is 2.93. The zero-order valence-corrected chi connectivity index (χ0v) is 23.0. The number of furan rings is 1. The molecule has 1 N–H and O–H groups in total. The molecule has 0 aliphatic carbocycles. The minimum Gasteiger partial charge on any atom is -0.497 e. The molecule has 0 atom stereocenters. The Hall–Kier alpha value is -3.86. The fraction of sp³-hybridized carbons (Fsp3) is 0.407. The molecule has 202 valence electrons. The molecule has 0 radical (unpaired) electrons. The van der Waals surface area contributed by atoms with Gasteiger partial charge in [-0.25, -0.2) is 0 Å². The summed E-state index contributed by atoms with van der Waals surface area (Å²) >= 11 is 5.57. The molecule has 2 aromatic heterocycles. The molecule has 4 rings (SSSR count). The van der Waals surface area contributed by atoms with Gasteiger partial charge in [0.25, 0.3) is 0 Å². The van der Waals surface area contributed by atoms with Crippen molar-refractivity contribution >= 4 is 29.1 Å². The van der Waals surface area contributed by atoms with Crippen molar-refractivity contribution in [3.05, 3.63) is 54.5 Å². The van der Waals surface area contributed by atoms with Crippen LogP contribution in [0.25, 0.3) is 11.3 Å². The lowest BCUT2D eigenvalue weighted by Crippen LogP contribution is -2.53. The quantitative estimate of drug-likeness (QED) is 0.409. The summed E-state index contributed by atoms with van der Waals surface area (Å²) in [5.41, 5.74) is 1.55. The van der Waals surface area contributed by atoms with Gasteiger partial charge in [-0.2, -0.15) is 0 Å². The van der Waals surface area contributed by atoms with Crippen LogP contribution in [-0.4, -0.2) is 84.0 Å². The first kappa shape index (κ1) is 27.2. The van der Waals surface area contributed by atoms with Gasteiger partial charge in [-0.15, -0.1) is 10.2 Å². The molecule has 38 heavy (non-hydrogen) atoms. The maximum atomic E-state index is 13.2. The molecular weight excluding hydrogens is 504 g/mol. The first-order valence-electron chi connectivity index (χ1n) is 12.5. The van der Waals surface area contributed by atoms with Crippen LogP contribution in [0.15, 0.2) is 53.1 Å². The van der Waals surface area contributed by atoms with Crippen LogP contribution in [-0.2, 0) is 11.3 Å². The van der Waals surface area contributed by atoms with E-state index in [9.17, 15) is 4.79 Å². The number of hydrogen-bond acceptors (Lipinski definition) is 8. The van der Waals surface area contributed by atoms with E-state index in [2.05, 4.69) is 20.4 Å². The highest BCUT2D eigenvalue weighted by Crippen LogP contribution is 2.32. The van der Waals surface area contributed by atoms with Crippen LogP contribution in [0.5, 0.6) is 11.5 Å². The van der Waals surface area contributed by atoms with E-state index in [0.717, 1.165) is 17.1 Å². The third-order valence-corrected chi connectivity index (χ3v) is 6.62. The van der Waals surface area contributed by atoms with Crippen LogP contribution < -0.4 is 19.7 Å². The lowest BCUT2D eigenvalue weighted by atomic mass is 10.1. The Balaban J connectivity index is 1.35. The summed E-state index contributed by atoms with van der Waals surface area (Å²) < 4.78 is 16.3. The van der Waals surface area contributed by atoms with Crippen molar-refractivity contribution < 1.29 is 18.7 Å². The molecule has 0 spiro atoms. The highest BCUT2D eigenvalue weighted by Gasteiger charge is 2.25. The Bertz CT molecular complexity index is 1210. The Morgan fingerprint density at radius 1 is 1.11 bits per heavy atom. The lowest BCUT2D eigenvalue weighted by molar-refractivity contribution is -0.132. The summed E-state index contributed by atoms with van der Waals surface area (Å²) in [4.78, 5) is 19.0. The molecule has 1 amide bonds. The van der Waals surface area contributed by atoms with Gasteiger partial charge in [-0.05, 0) is 62.5 Å². The Morgan fingerprint density at radius 2 is 1.89 bits per heavy atom. The maximum absolute atomic E-state index is 13.2. The molecule has 0 bridgehead atoms. The minimum absolute atomic E-state index is 0.0251. The topological polar surface area (TPSA) is 96.2 Å². The molecule has 10 nitrogen and oxygen atoms in total. The van der Waals surface area contributed by atoms with E-state index in [4.69, 9.17) is 26.1 Å². The largest absolute Gasteiger partial charge is 0.497 e. The van der Waals surface area contributed by atoms with E-state index in [1.807, 2.05) is 66.1 Å². The van der Waals surface area contributed by atoms with Crippen LogP contribution in [0, 0.1) is 0 Å². The molecule has 1 aliphatic heterocycles. The highest BCUT2D eigenvalue weighted by molar-refractivity contribution is 7.80. The summed E-state index contributed by atoms with van der Waals surface area (Å²) in [6.07, 6.45) is 1.62. The normalized spacial score (nSPS) is 13.4. The van der Waals surface area contributed by atoms with Gasteiger partial charge in [0.15, 0.2) is 10.9 Å². The predicted octanol–water partition coefficient (Wildman–Crippen LogP) is 3.19. The van der Waals surface area contributed by atoms with Crippen molar-refractivity contribution in [1.82, 2.24) is 25.3 Å². The number of anilines is 1. The van der Waals surface area contributed by atoms with Crippen molar-refractivity contribution in [2.75, 3.05) is 51.8 Å². The number of nitrogens with one attached hydrogen (secondary N) is 1. The van der Waals surface area contributed by atoms with Crippen molar-refractivity contribution in [2.45, 2.75) is 26.4 Å². The van der Waals surface area contributed by atoms with Crippen molar-refractivity contribution in [1.29, 1.82) is 0 Å². The number of benzene rings is 1. The molecule has 0 unspecified atom stereocenters. The second-order valence-electron chi connectivity index (χ2n) is 9.25. The molecule has 3 aromatic rings. The van der Waals surface area contributed by atoms with Crippen LogP contribution in [0.4, 0.5) is 5.82 Å².